The van der Waals surface area contributed by atoms with Crippen molar-refractivity contribution >= 4 is 44.1 Å². The highest BCUT2D eigenvalue weighted by molar-refractivity contribution is 7.90. The van der Waals surface area contributed by atoms with E-state index in [1.54, 1.807) is 12.1 Å². The number of halogens is 3. The molecule has 1 amide bonds. The standard InChI is InChI=1S/C27H30F3N5O4S/c1-40(37,38)20-11-15(14-5-4-6-14)8-9-18(20)31-19-13-21(33-27(36)16-12-17(16)28)32-25-23(19)34-26(24(29)30)35(25)22-7-2-3-10-39-22/h8-9,11,13-14,16-17,22,24H,2-7,10,12H2,1H3,(H2,31,32,33,36)/t16-,17+,22?/m1/s1. The molecular formula is C27H30F3N5O4S. The van der Waals surface area contributed by atoms with Crippen molar-refractivity contribution in [3.63, 3.8) is 0 Å². The molecule has 3 aliphatic rings. The van der Waals surface area contributed by atoms with Crippen LogP contribution in [0, 0.1) is 5.92 Å². The molecule has 3 heterocycles. The van der Waals surface area contributed by atoms with Crippen LogP contribution in [0.1, 0.15) is 74.9 Å². The number of carbonyl (C=O) groups excluding carboxylic acids is 1. The molecule has 0 bridgehead atoms. The maximum absolute atomic E-state index is 14.2. The van der Waals surface area contributed by atoms with Crippen LogP contribution < -0.4 is 10.6 Å². The number of pyridine rings is 1. The van der Waals surface area contributed by atoms with Crippen molar-refractivity contribution in [1.82, 2.24) is 14.5 Å². The number of carbonyl (C=O) groups is 1. The van der Waals surface area contributed by atoms with Crippen LogP contribution in [0.15, 0.2) is 29.2 Å². The second kappa shape index (κ2) is 10.3. The number of nitrogens with zero attached hydrogens (tertiary/aromatic N) is 3. The molecule has 1 aromatic carbocycles. The van der Waals surface area contributed by atoms with Crippen LogP contribution in [0.4, 0.5) is 30.4 Å². The van der Waals surface area contributed by atoms with Crippen LogP contribution in [0.3, 0.4) is 0 Å². The quantitative estimate of drug-likeness (QED) is 0.349. The fourth-order valence-electron chi connectivity index (χ4n) is 5.35. The van der Waals surface area contributed by atoms with Crippen molar-refractivity contribution in [2.45, 2.75) is 74.6 Å². The molecule has 3 aromatic rings. The van der Waals surface area contributed by atoms with Crippen LogP contribution in [-0.4, -0.2) is 47.9 Å². The van der Waals surface area contributed by atoms with Crippen molar-refractivity contribution in [3.05, 3.63) is 35.7 Å². The summed E-state index contributed by atoms with van der Waals surface area (Å²) in [5, 5.41) is 5.66. The van der Waals surface area contributed by atoms with E-state index < -0.39 is 46.3 Å². The monoisotopic (exact) mass is 577 g/mol. The van der Waals surface area contributed by atoms with Gasteiger partial charge in [-0.05, 0) is 62.1 Å². The Kier molecular flexibility index (Phi) is 6.97. The Morgan fingerprint density at radius 2 is 1.88 bits per heavy atom. The topological polar surface area (TPSA) is 115 Å². The summed E-state index contributed by atoms with van der Waals surface area (Å²) in [6.07, 6.45) is 1.39. The van der Waals surface area contributed by atoms with Gasteiger partial charge in [-0.2, -0.15) is 0 Å². The van der Waals surface area contributed by atoms with Gasteiger partial charge in [-0.3, -0.25) is 9.36 Å². The van der Waals surface area contributed by atoms with Gasteiger partial charge in [0.15, 0.2) is 21.3 Å². The molecule has 0 spiro atoms. The first-order valence-corrected chi connectivity index (χ1v) is 15.4. The van der Waals surface area contributed by atoms with E-state index in [9.17, 15) is 26.4 Å². The van der Waals surface area contributed by atoms with Gasteiger partial charge in [-0.15, -0.1) is 0 Å². The lowest BCUT2D eigenvalue weighted by Gasteiger charge is -2.26. The molecule has 13 heteroatoms. The van der Waals surface area contributed by atoms with Crippen molar-refractivity contribution < 1.29 is 31.1 Å². The number of anilines is 3. The number of hydrogen-bond acceptors (Lipinski definition) is 7. The van der Waals surface area contributed by atoms with Gasteiger partial charge in [0.1, 0.15) is 23.7 Å². The lowest BCUT2D eigenvalue weighted by molar-refractivity contribution is -0.117. The lowest BCUT2D eigenvalue weighted by Crippen LogP contribution is -2.21. The van der Waals surface area contributed by atoms with Crippen LogP contribution >= 0.6 is 0 Å². The third-order valence-electron chi connectivity index (χ3n) is 7.87. The first kappa shape index (κ1) is 27.0. The zero-order chi connectivity index (χ0) is 28.2. The second-order valence-corrected chi connectivity index (χ2v) is 12.8. The first-order valence-electron chi connectivity index (χ1n) is 13.5. The predicted molar refractivity (Wildman–Crippen MR) is 142 cm³/mol. The summed E-state index contributed by atoms with van der Waals surface area (Å²) in [4.78, 5) is 21.3. The Morgan fingerprint density at radius 1 is 1.10 bits per heavy atom. The maximum Gasteiger partial charge on any atom is 0.295 e. The molecule has 2 saturated carbocycles. The summed E-state index contributed by atoms with van der Waals surface area (Å²) in [6.45, 7) is 0.388. The number of sulfone groups is 1. The zero-order valence-electron chi connectivity index (χ0n) is 21.9. The Bertz CT molecular complexity index is 1570. The molecule has 2 N–H and O–H groups in total. The largest absolute Gasteiger partial charge is 0.358 e. The summed E-state index contributed by atoms with van der Waals surface area (Å²) in [6, 6.07) is 6.56. The molecule has 6 rings (SSSR count). The Labute approximate surface area is 229 Å². The lowest BCUT2D eigenvalue weighted by atomic mass is 9.80. The molecule has 1 unspecified atom stereocenters. The van der Waals surface area contributed by atoms with E-state index in [0.29, 0.717) is 18.9 Å². The van der Waals surface area contributed by atoms with Crippen molar-refractivity contribution in [2.24, 2.45) is 5.92 Å². The number of hydrogen-bond donors (Lipinski definition) is 2. The Balaban J connectivity index is 1.48. The molecule has 40 heavy (non-hydrogen) atoms. The van der Waals surface area contributed by atoms with Gasteiger partial charge >= 0.3 is 0 Å². The summed E-state index contributed by atoms with van der Waals surface area (Å²) < 4.78 is 74.7. The van der Waals surface area contributed by atoms with E-state index in [0.717, 1.165) is 43.9 Å². The molecule has 214 valence electrons. The van der Waals surface area contributed by atoms with Gasteiger partial charge in [0, 0.05) is 18.9 Å². The van der Waals surface area contributed by atoms with E-state index in [2.05, 4.69) is 20.6 Å². The minimum Gasteiger partial charge on any atom is -0.358 e. The summed E-state index contributed by atoms with van der Waals surface area (Å²) in [7, 11) is -3.67. The Morgan fingerprint density at radius 3 is 2.48 bits per heavy atom. The van der Waals surface area contributed by atoms with E-state index in [-0.39, 0.29) is 39.7 Å². The molecule has 1 aliphatic heterocycles. The van der Waals surface area contributed by atoms with Crippen LogP contribution in [0.25, 0.3) is 11.2 Å². The third kappa shape index (κ3) is 5.16. The fourth-order valence-corrected chi connectivity index (χ4v) is 6.22. The molecule has 1 saturated heterocycles. The summed E-state index contributed by atoms with van der Waals surface area (Å²) in [5.74, 6) is -1.61. The first-order chi connectivity index (χ1) is 19.1. The highest BCUT2D eigenvalue weighted by Crippen LogP contribution is 2.41. The number of imidazole rings is 1. The van der Waals surface area contributed by atoms with Gasteiger partial charge in [0.2, 0.25) is 5.91 Å². The smallest absolute Gasteiger partial charge is 0.295 e. The fraction of sp³-hybridized carbons (Fsp3) is 0.519. The van der Waals surface area contributed by atoms with Crippen LogP contribution in [0.2, 0.25) is 0 Å². The van der Waals surface area contributed by atoms with Gasteiger partial charge < -0.3 is 15.4 Å². The molecule has 3 fully saturated rings. The van der Waals surface area contributed by atoms with Gasteiger partial charge in [-0.1, -0.05) is 12.5 Å². The molecule has 9 nitrogen and oxygen atoms in total. The van der Waals surface area contributed by atoms with Crippen molar-refractivity contribution in [1.29, 1.82) is 0 Å². The third-order valence-corrected chi connectivity index (χ3v) is 9.00. The van der Waals surface area contributed by atoms with Gasteiger partial charge in [-0.25, -0.2) is 31.6 Å². The summed E-state index contributed by atoms with van der Waals surface area (Å²) in [5.41, 5.74) is 1.45. The average Bonchev–Trinajstić information content (AvgIpc) is 3.48. The van der Waals surface area contributed by atoms with E-state index in [1.807, 2.05) is 6.07 Å². The molecule has 0 radical (unpaired) electrons. The number of amides is 1. The highest BCUT2D eigenvalue weighted by Gasteiger charge is 2.44. The normalized spacial score (nSPS) is 23.3. The van der Waals surface area contributed by atoms with Crippen LogP contribution in [-0.2, 0) is 19.4 Å². The molecular weight excluding hydrogens is 547 g/mol. The Hall–Kier alpha value is -3.19. The molecule has 2 aromatic heterocycles. The van der Waals surface area contributed by atoms with Crippen molar-refractivity contribution in [2.75, 3.05) is 23.5 Å². The average molecular weight is 578 g/mol. The minimum atomic E-state index is -3.67. The summed E-state index contributed by atoms with van der Waals surface area (Å²) >= 11 is 0. The zero-order valence-corrected chi connectivity index (χ0v) is 22.7. The van der Waals surface area contributed by atoms with Crippen LogP contribution in [0.5, 0.6) is 0 Å². The SMILES string of the molecule is CS(=O)(=O)c1cc(C2CCC2)ccc1Nc1cc(NC(=O)[C@@H]2C[C@@H]2F)nc2c1nc(C(F)F)n2C1CCCCO1. The van der Waals surface area contributed by atoms with Gasteiger partial charge in [0.05, 0.1) is 22.2 Å². The number of ether oxygens (including phenoxy) is 1. The predicted octanol–water partition coefficient (Wildman–Crippen LogP) is 5.78. The maximum atomic E-state index is 14.2. The number of alkyl halides is 3. The number of rotatable bonds is 8. The van der Waals surface area contributed by atoms with Crippen molar-refractivity contribution in [3.8, 4) is 0 Å². The van der Waals surface area contributed by atoms with E-state index in [1.165, 1.54) is 10.6 Å². The minimum absolute atomic E-state index is 0.00358. The second-order valence-electron chi connectivity index (χ2n) is 10.8. The number of benzene rings is 1. The molecule has 3 atom stereocenters. The number of nitrogens with one attached hydrogen (secondary N) is 2. The number of fused-ring (bicyclic) bond motifs is 1. The van der Waals surface area contributed by atoms with E-state index >= 15 is 0 Å². The number of aromatic nitrogens is 3. The molecule has 2 aliphatic carbocycles. The van der Waals surface area contributed by atoms with E-state index in [4.69, 9.17) is 4.74 Å². The highest BCUT2D eigenvalue weighted by atomic mass is 32.2. The van der Waals surface area contributed by atoms with Gasteiger partial charge in [0.25, 0.3) is 6.43 Å².